The van der Waals surface area contributed by atoms with E-state index in [0.717, 1.165) is 11.3 Å². The van der Waals surface area contributed by atoms with E-state index in [1.807, 2.05) is 31.2 Å². The van der Waals surface area contributed by atoms with Crippen LogP contribution in [-0.2, 0) is 20.8 Å². The Labute approximate surface area is 152 Å². The van der Waals surface area contributed by atoms with Crippen molar-refractivity contribution < 1.29 is 14.4 Å². The van der Waals surface area contributed by atoms with E-state index in [0.29, 0.717) is 17.8 Å². The predicted molar refractivity (Wildman–Crippen MR) is 99.6 cm³/mol. The summed E-state index contributed by atoms with van der Waals surface area (Å²) >= 11 is 0. The quantitative estimate of drug-likeness (QED) is 0.863. The van der Waals surface area contributed by atoms with Gasteiger partial charge in [0.15, 0.2) is 0 Å². The molecule has 2 aromatic rings. The fourth-order valence-electron chi connectivity index (χ4n) is 3.08. The highest BCUT2D eigenvalue weighted by molar-refractivity contribution is 6.03. The third kappa shape index (κ3) is 3.91. The predicted octanol–water partition coefficient (Wildman–Crippen LogP) is 2.01. The zero-order chi connectivity index (χ0) is 18.7. The molecule has 1 fully saturated rings. The minimum Gasteiger partial charge on any atom is -0.369 e. The van der Waals surface area contributed by atoms with Crippen molar-refractivity contribution in [1.29, 1.82) is 0 Å². The number of hydrogen-bond donors (Lipinski definition) is 2. The molecule has 1 aliphatic heterocycles. The van der Waals surface area contributed by atoms with Crippen LogP contribution in [0.1, 0.15) is 17.5 Å². The average molecular weight is 351 g/mol. The second-order valence-electron chi connectivity index (χ2n) is 6.53. The molecular formula is C20H21N3O3. The van der Waals surface area contributed by atoms with Crippen LogP contribution in [0.3, 0.4) is 0 Å². The van der Waals surface area contributed by atoms with Crippen LogP contribution in [0.4, 0.5) is 11.4 Å². The monoisotopic (exact) mass is 351 g/mol. The molecule has 0 spiro atoms. The van der Waals surface area contributed by atoms with Gasteiger partial charge >= 0.3 is 0 Å². The van der Waals surface area contributed by atoms with Gasteiger partial charge in [-0.1, -0.05) is 35.9 Å². The maximum atomic E-state index is 12.6. The summed E-state index contributed by atoms with van der Waals surface area (Å²) in [6.07, 6.45) is 0.216. The van der Waals surface area contributed by atoms with Crippen LogP contribution in [0.25, 0.3) is 0 Å². The Hall–Kier alpha value is -3.15. The molecule has 0 aliphatic carbocycles. The molecule has 134 valence electrons. The number of nitrogens with two attached hydrogens (primary N) is 1. The van der Waals surface area contributed by atoms with Crippen molar-refractivity contribution in [2.75, 3.05) is 16.8 Å². The highest BCUT2D eigenvalue weighted by atomic mass is 16.2. The molecule has 3 N–H and O–H groups in total. The third-order valence-corrected chi connectivity index (χ3v) is 4.48. The molecule has 1 aliphatic rings. The van der Waals surface area contributed by atoms with Crippen molar-refractivity contribution in [1.82, 2.24) is 0 Å². The van der Waals surface area contributed by atoms with E-state index >= 15 is 0 Å². The molecule has 26 heavy (non-hydrogen) atoms. The molecule has 0 aromatic heterocycles. The number of nitrogens with one attached hydrogen (secondary N) is 1. The number of anilines is 2. The lowest BCUT2D eigenvalue weighted by Crippen LogP contribution is -2.28. The number of hydrogen-bond acceptors (Lipinski definition) is 3. The number of aryl methyl sites for hydroxylation is 1. The smallest absolute Gasteiger partial charge is 0.229 e. The normalized spacial score (nSPS) is 16.6. The fraction of sp³-hybridized carbons (Fsp3) is 0.250. The molecule has 3 rings (SSSR count). The summed E-state index contributed by atoms with van der Waals surface area (Å²) in [5.41, 5.74) is 8.38. The molecule has 6 heteroatoms. The van der Waals surface area contributed by atoms with Crippen LogP contribution in [0, 0.1) is 12.8 Å². The van der Waals surface area contributed by atoms with Gasteiger partial charge in [0.05, 0.1) is 12.3 Å². The zero-order valence-electron chi connectivity index (χ0n) is 14.6. The van der Waals surface area contributed by atoms with Crippen LogP contribution >= 0.6 is 0 Å². The van der Waals surface area contributed by atoms with Crippen LogP contribution in [0.15, 0.2) is 48.5 Å². The van der Waals surface area contributed by atoms with E-state index in [9.17, 15) is 14.4 Å². The first kappa shape index (κ1) is 17.7. The Kier molecular flexibility index (Phi) is 5.02. The van der Waals surface area contributed by atoms with E-state index in [1.165, 1.54) is 0 Å². The lowest BCUT2D eigenvalue weighted by molar-refractivity contribution is -0.122. The number of para-hydroxylation sites is 1. The van der Waals surface area contributed by atoms with Crippen LogP contribution in [-0.4, -0.2) is 24.3 Å². The molecule has 0 bridgehead atoms. The van der Waals surface area contributed by atoms with Crippen molar-refractivity contribution in [3.05, 3.63) is 59.7 Å². The minimum absolute atomic E-state index is 0.0511. The van der Waals surface area contributed by atoms with Gasteiger partial charge in [-0.05, 0) is 30.7 Å². The Morgan fingerprint density at radius 3 is 2.54 bits per heavy atom. The molecule has 2 aromatic carbocycles. The topological polar surface area (TPSA) is 92.5 Å². The second kappa shape index (κ2) is 7.39. The SMILES string of the molecule is Cc1ccc(N2CC(C(=O)Nc3ccccc3CC(N)=O)CC2=O)cc1. The average Bonchev–Trinajstić information content (AvgIpc) is 2.99. The van der Waals surface area contributed by atoms with Gasteiger partial charge in [-0.25, -0.2) is 0 Å². The lowest BCUT2D eigenvalue weighted by Gasteiger charge is -2.17. The van der Waals surface area contributed by atoms with Gasteiger partial charge in [-0.3, -0.25) is 14.4 Å². The Morgan fingerprint density at radius 1 is 1.15 bits per heavy atom. The standard InChI is InChI=1S/C20H21N3O3/c1-13-6-8-16(9-7-13)23-12-15(11-19(23)25)20(26)22-17-5-3-2-4-14(17)10-18(21)24/h2-9,15H,10-12H2,1H3,(H2,21,24)(H,22,26). The van der Waals surface area contributed by atoms with Crippen LogP contribution in [0.2, 0.25) is 0 Å². The Bertz CT molecular complexity index is 846. The highest BCUT2D eigenvalue weighted by Crippen LogP contribution is 2.27. The molecule has 6 nitrogen and oxygen atoms in total. The zero-order valence-corrected chi connectivity index (χ0v) is 14.6. The molecule has 0 saturated carbocycles. The Balaban J connectivity index is 1.71. The van der Waals surface area contributed by atoms with Crippen molar-refractivity contribution >= 4 is 29.1 Å². The van der Waals surface area contributed by atoms with E-state index in [2.05, 4.69) is 5.32 Å². The van der Waals surface area contributed by atoms with Gasteiger partial charge in [-0.15, -0.1) is 0 Å². The van der Waals surface area contributed by atoms with Crippen LogP contribution < -0.4 is 16.0 Å². The number of nitrogens with zero attached hydrogens (tertiary/aromatic N) is 1. The summed E-state index contributed by atoms with van der Waals surface area (Å²) < 4.78 is 0. The minimum atomic E-state index is -0.465. The summed E-state index contributed by atoms with van der Waals surface area (Å²) in [4.78, 5) is 37.8. The molecule has 1 saturated heterocycles. The number of carbonyl (C=O) groups is 3. The summed E-state index contributed by atoms with van der Waals surface area (Å²) in [6, 6.07) is 14.7. The second-order valence-corrected chi connectivity index (χ2v) is 6.53. The molecule has 1 heterocycles. The van der Waals surface area contributed by atoms with Crippen molar-refractivity contribution in [3.63, 3.8) is 0 Å². The van der Waals surface area contributed by atoms with E-state index < -0.39 is 11.8 Å². The first-order valence-electron chi connectivity index (χ1n) is 8.48. The third-order valence-electron chi connectivity index (χ3n) is 4.48. The van der Waals surface area contributed by atoms with Gasteiger partial charge in [0.1, 0.15) is 0 Å². The van der Waals surface area contributed by atoms with Crippen molar-refractivity contribution in [2.45, 2.75) is 19.8 Å². The lowest BCUT2D eigenvalue weighted by atomic mass is 10.1. The molecular weight excluding hydrogens is 330 g/mol. The van der Waals surface area contributed by atoms with Crippen molar-refractivity contribution in [2.24, 2.45) is 11.7 Å². The number of carbonyl (C=O) groups excluding carboxylic acids is 3. The molecule has 1 atom stereocenters. The van der Waals surface area contributed by atoms with Crippen molar-refractivity contribution in [3.8, 4) is 0 Å². The van der Waals surface area contributed by atoms with E-state index in [1.54, 1.807) is 29.2 Å². The summed E-state index contributed by atoms with van der Waals surface area (Å²) in [7, 11) is 0. The van der Waals surface area contributed by atoms with Gasteiger partial charge in [0, 0.05) is 24.3 Å². The van der Waals surface area contributed by atoms with Gasteiger partial charge in [-0.2, -0.15) is 0 Å². The van der Waals surface area contributed by atoms with Gasteiger partial charge in [0.2, 0.25) is 17.7 Å². The molecule has 0 radical (unpaired) electrons. The number of rotatable bonds is 5. The highest BCUT2D eigenvalue weighted by Gasteiger charge is 2.35. The maximum absolute atomic E-state index is 12.6. The number of amides is 3. The fourth-order valence-corrected chi connectivity index (χ4v) is 3.08. The summed E-state index contributed by atoms with van der Waals surface area (Å²) in [5.74, 6) is -1.21. The van der Waals surface area contributed by atoms with Gasteiger partial charge in [0.25, 0.3) is 0 Å². The summed E-state index contributed by atoms with van der Waals surface area (Å²) in [6.45, 7) is 2.32. The summed E-state index contributed by atoms with van der Waals surface area (Å²) in [5, 5.41) is 2.83. The first-order valence-corrected chi connectivity index (χ1v) is 8.48. The largest absolute Gasteiger partial charge is 0.369 e. The Morgan fingerprint density at radius 2 is 1.85 bits per heavy atom. The van der Waals surface area contributed by atoms with E-state index in [4.69, 9.17) is 5.73 Å². The van der Waals surface area contributed by atoms with Crippen LogP contribution in [0.5, 0.6) is 0 Å². The first-order chi connectivity index (χ1) is 12.4. The maximum Gasteiger partial charge on any atom is 0.229 e. The molecule has 3 amide bonds. The van der Waals surface area contributed by atoms with E-state index in [-0.39, 0.29) is 24.7 Å². The molecule has 1 unspecified atom stereocenters. The van der Waals surface area contributed by atoms with Gasteiger partial charge < -0.3 is 16.0 Å². The number of benzene rings is 2. The number of primary amides is 1.